The molecule has 1 amide bonds. The van der Waals surface area contributed by atoms with Crippen molar-refractivity contribution in [3.63, 3.8) is 0 Å². The highest BCUT2D eigenvalue weighted by atomic mass is 19.4. The Hall–Kier alpha value is -5.06. The lowest BCUT2D eigenvalue weighted by Gasteiger charge is -2.14. The van der Waals surface area contributed by atoms with Gasteiger partial charge in [-0.2, -0.15) is 13.2 Å². The Morgan fingerprint density at radius 3 is 2.77 bits per heavy atom. The lowest BCUT2D eigenvalue weighted by atomic mass is 10.1. The maximum Gasteiger partial charge on any atom is 0.416 e. The molecule has 3 heterocycles. The molecule has 39 heavy (non-hydrogen) atoms. The molecule has 0 spiro atoms. The highest BCUT2D eigenvalue weighted by molar-refractivity contribution is 6.05. The van der Waals surface area contributed by atoms with Gasteiger partial charge in [0.2, 0.25) is 5.95 Å². The number of alkyl halides is 3. The number of nitrogens with zero attached hydrogens (tertiary/aromatic N) is 5. The Morgan fingerprint density at radius 2 is 2.00 bits per heavy atom. The van der Waals surface area contributed by atoms with Crippen LogP contribution in [0.5, 0.6) is 0 Å². The number of amides is 1. The summed E-state index contributed by atoms with van der Waals surface area (Å²) in [7, 11) is 0. The van der Waals surface area contributed by atoms with Crippen molar-refractivity contribution in [1.82, 2.24) is 24.5 Å². The van der Waals surface area contributed by atoms with Crippen molar-refractivity contribution in [1.29, 1.82) is 0 Å². The first-order valence-corrected chi connectivity index (χ1v) is 10.6. The molecule has 0 aliphatic carbocycles. The summed E-state index contributed by atoms with van der Waals surface area (Å²) in [6.07, 6.45) is -7.23. The van der Waals surface area contributed by atoms with Gasteiger partial charge in [0.05, 0.1) is 38.3 Å². The lowest BCUT2D eigenvalue weighted by Crippen LogP contribution is -2.14. The zero-order valence-corrected chi connectivity index (χ0v) is 19.4. The van der Waals surface area contributed by atoms with Gasteiger partial charge in [-0.25, -0.2) is 15.0 Å². The van der Waals surface area contributed by atoms with Crippen molar-refractivity contribution in [2.45, 2.75) is 20.0 Å². The van der Waals surface area contributed by atoms with E-state index in [4.69, 9.17) is 20.6 Å². The predicted molar refractivity (Wildman–Crippen MR) is 141 cm³/mol. The van der Waals surface area contributed by atoms with Crippen molar-refractivity contribution < 1.29 is 38.5 Å². The van der Waals surface area contributed by atoms with E-state index < -0.39 is 132 Å². The third-order valence-electron chi connectivity index (χ3n) is 4.73. The summed E-state index contributed by atoms with van der Waals surface area (Å²) < 4.78 is 166. The normalized spacial score (nSPS) is 17.1. The highest BCUT2D eigenvalue weighted by Gasteiger charge is 2.31. The first-order valence-electron chi connectivity index (χ1n) is 18.1. The van der Waals surface area contributed by atoms with Crippen LogP contribution in [0.4, 0.5) is 30.5 Å². The minimum Gasteiger partial charge on any atom is -0.324 e. The quantitative estimate of drug-likeness (QED) is 0.258. The third-order valence-corrected chi connectivity index (χ3v) is 4.73. The zero-order chi connectivity index (χ0) is 40.5. The molecule has 0 aliphatic rings. The SMILES string of the molecule is [2H]c1nc([2H])c(-c2ccnc(Nc3c([2H])c(C(=O)Nc4c([2H])c(-n5c([2H])nc(C)c5[2H])c([2H])c(C(F)(F)F)c4[2H])c([2H])c([2H])c3C([2H])([2H])[2H])n2)c([2H])c1[2H]. The molecular formula is C28H22F3N7O. The largest absolute Gasteiger partial charge is 0.416 e. The van der Waals surface area contributed by atoms with Crippen molar-refractivity contribution in [2.24, 2.45) is 0 Å². The maximum absolute atomic E-state index is 14.3. The summed E-state index contributed by atoms with van der Waals surface area (Å²) in [5.74, 6) is -2.23. The summed E-state index contributed by atoms with van der Waals surface area (Å²) in [5, 5.41) is 4.22. The monoisotopic (exact) mass is 544 g/mol. The van der Waals surface area contributed by atoms with Crippen LogP contribution in [0.2, 0.25) is 0 Å². The van der Waals surface area contributed by atoms with Gasteiger partial charge in [-0.15, -0.1) is 0 Å². The molecule has 2 aromatic carbocycles. The van der Waals surface area contributed by atoms with Crippen molar-refractivity contribution in [2.75, 3.05) is 10.6 Å². The van der Waals surface area contributed by atoms with Crippen molar-refractivity contribution in [3.8, 4) is 16.9 Å². The Bertz CT molecular complexity index is 2400. The molecule has 3 aromatic heterocycles. The van der Waals surface area contributed by atoms with Crippen LogP contribution in [0.15, 0.2) is 85.4 Å². The molecule has 0 fully saturated rings. The van der Waals surface area contributed by atoms with E-state index in [1.165, 1.54) is 13.0 Å². The van der Waals surface area contributed by atoms with Crippen LogP contribution in [-0.2, 0) is 6.18 Å². The lowest BCUT2D eigenvalue weighted by molar-refractivity contribution is -0.137. The molecule has 0 atom stereocenters. The van der Waals surface area contributed by atoms with E-state index in [-0.39, 0.29) is 17.0 Å². The van der Waals surface area contributed by atoms with E-state index in [9.17, 15) is 18.0 Å². The smallest absolute Gasteiger partial charge is 0.324 e. The van der Waals surface area contributed by atoms with Crippen LogP contribution in [0.3, 0.4) is 0 Å². The second-order valence-corrected chi connectivity index (χ2v) is 7.52. The number of anilines is 3. The summed E-state index contributed by atoms with van der Waals surface area (Å²) in [6, 6.07) is -7.85. The van der Waals surface area contributed by atoms with E-state index in [1.807, 2.05) is 5.32 Å². The fourth-order valence-corrected chi connectivity index (χ4v) is 3.03. The van der Waals surface area contributed by atoms with Gasteiger partial charge in [0, 0.05) is 57.0 Å². The summed E-state index contributed by atoms with van der Waals surface area (Å²) >= 11 is 0. The van der Waals surface area contributed by atoms with Crippen LogP contribution in [0.1, 0.15) is 47.7 Å². The molecule has 0 radical (unpaired) electrons. The number of hydrogen-bond acceptors (Lipinski definition) is 6. The second-order valence-electron chi connectivity index (χ2n) is 7.52. The average molecular weight is 545 g/mol. The summed E-state index contributed by atoms with van der Waals surface area (Å²) in [5.41, 5.74) is -8.00. The van der Waals surface area contributed by atoms with Gasteiger partial charge in [0.15, 0.2) is 0 Å². The van der Waals surface area contributed by atoms with Crippen LogP contribution in [0, 0.1) is 13.8 Å². The van der Waals surface area contributed by atoms with Crippen LogP contribution in [-0.4, -0.2) is 30.4 Å². The maximum atomic E-state index is 14.3. The first kappa shape index (κ1) is 13.1. The molecular weight excluding hydrogens is 507 g/mol. The van der Waals surface area contributed by atoms with Gasteiger partial charge in [0.1, 0.15) is 1.37 Å². The molecule has 5 aromatic rings. The number of rotatable bonds is 6. The molecule has 5 rings (SSSR count). The Morgan fingerprint density at radius 1 is 1.13 bits per heavy atom. The minimum absolute atomic E-state index is 0.165. The Balaban J connectivity index is 1.70. The molecule has 0 saturated carbocycles. The van der Waals surface area contributed by atoms with E-state index in [0.29, 0.717) is 4.57 Å². The van der Waals surface area contributed by atoms with E-state index in [2.05, 4.69) is 25.3 Å². The number of benzene rings is 2. The highest BCUT2D eigenvalue weighted by Crippen LogP contribution is 2.33. The molecule has 0 saturated heterocycles. The summed E-state index contributed by atoms with van der Waals surface area (Å²) in [6.45, 7) is -2.03. The zero-order valence-electron chi connectivity index (χ0n) is 34.4. The number of carbonyl (C=O) groups is 1. The molecule has 0 unspecified atom stereocenters. The number of pyridine rings is 1. The first-order chi connectivity index (χ1) is 24.9. The van der Waals surface area contributed by atoms with Crippen LogP contribution < -0.4 is 10.6 Å². The second kappa shape index (κ2) is 10.4. The predicted octanol–water partition coefficient (Wildman–Crippen LogP) is 6.36. The number of aromatic nitrogens is 5. The van der Waals surface area contributed by atoms with Crippen molar-refractivity contribution in [3.05, 3.63) is 108 Å². The van der Waals surface area contributed by atoms with Gasteiger partial charge in [-0.3, -0.25) is 9.78 Å². The van der Waals surface area contributed by atoms with Gasteiger partial charge in [-0.1, -0.05) is 6.04 Å². The van der Waals surface area contributed by atoms with Crippen LogP contribution in [0.25, 0.3) is 16.9 Å². The third kappa shape index (κ3) is 5.93. The topological polar surface area (TPSA) is 97.6 Å². The number of aryl methyl sites for hydroxylation is 1. The van der Waals surface area contributed by atoms with Crippen molar-refractivity contribution >= 4 is 23.2 Å². The fraction of sp³-hybridized carbons (Fsp3) is 0.107. The number of carbonyl (C=O) groups excluding carboxylic acids is 1. The Kier molecular flexibility index (Phi) is 3.49. The fourth-order valence-electron chi connectivity index (χ4n) is 3.03. The number of imidazole rings is 1. The average Bonchev–Trinajstić information content (AvgIpc) is 3.29. The molecule has 11 heteroatoms. The molecule has 8 nitrogen and oxygen atoms in total. The van der Waals surface area contributed by atoms with Gasteiger partial charge >= 0.3 is 6.18 Å². The summed E-state index contributed by atoms with van der Waals surface area (Å²) in [4.78, 5) is 29.0. The van der Waals surface area contributed by atoms with Gasteiger partial charge in [0.25, 0.3) is 5.91 Å². The molecule has 0 bridgehead atoms. The Labute approximate surface area is 242 Å². The van der Waals surface area contributed by atoms with Gasteiger partial charge in [-0.05, 0) is 67.7 Å². The molecule has 0 aliphatic heterocycles. The van der Waals surface area contributed by atoms with Gasteiger partial charge < -0.3 is 15.2 Å². The molecule has 196 valence electrons. The minimum atomic E-state index is -5.46. The van der Waals surface area contributed by atoms with E-state index >= 15 is 0 Å². The number of hydrogen-bond donors (Lipinski definition) is 2. The number of nitrogens with one attached hydrogen (secondary N) is 2. The van der Waals surface area contributed by atoms with Crippen LogP contribution >= 0.6 is 0 Å². The number of halogens is 3. The molecule has 2 N–H and O–H groups in total. The van der Waals surface area contributed by atoms with E-state index in [0.717, 1.165) is 6.20 Å². The standard InChI is InChI=1S/C28H22F3N7O/c1-17-5-6-19(10-25(17)37-27-33-9-7-24(36-27)20-4-3-8-32-14-20)26(39)35-22-11-21(28(29,30)31)12-23(13-22)38-15-18(2)34-16-38/h3-16H,1-2H3,(H,35,39)(H,33,36,37)/i1D3,3D,4D,5D,6D,8D,10D,11D,12D,13D,14D,15D,16D. The van der Waals surface area contributed by atoms with E-state index in [1.54, 1.807) is 0 Å².